The van der Waals surface area contributed by atoms with Crippen molar-refractivity contribution in [1.29, 1.82) is 0 Å². The minimum absolute atomic E-state index is 0.0313. The van der Waals surface area contributed by atoms with Crippen LogP contribution in [0, 0.1) is 35.5 Å². The number of amides is 3. The van der Waals surface area contributed by atoms with E-state index in [9.17, 15) is 14.4 Å². The molecule has 3 fully saturated rings. The van der Waals surface area contributed by atoms with Gasteiger partial charge in [0.15, 0.2) is 0 Å². The highest BCUT2D eigenvalue weighted by molar-refractivity contribution is 6.30. The minimum atomic E-state index is -0.236. The lowest BCUT2D eigenvalue weighted by molar-refractivity contribution is -0.140. The molecule has 0 aromatic heterocycles. The molecule has 134 valence electrons. The zero-order chi connectivity index (χ0) is 18.2. The molecule has 1 aromatic rings. The molecule has 5 nitrogen and oxygen atoms in total. The maximum absolute atomic E-state index is 13.1. The van der Waals surface area contributed by atoms with Gasteiger partial charge in [0.05, 0.1) is 11.8 Å². The second kappa shape index (κ2) is 5.43. The molecule has 5 aliphatic rings. The van der Waals surface area contributed by atoms with Gasteiger partial charge in [0, 0.05) is 17.6 Å². The Morgan fingerprint density at radius 3 is 2.12 bits per heavy atom. The summed E-state index contributed by atoms with van der Waals surface area (Å²) < 4.78 is 0. The first-order valence-corrected chi connectivity index (χ1v) is 9.42. The van der Waals surface area contributed by atoms with Crippen molar-refractivity contribution in [3.8, 4) is 0 Å². The number of halogens is 1. The minimum Gasteiger partial charge on any atom is -0.294 e. The molecular weight excluding hydrogens is 352 g/mol. The van der Waals surface area contributed by atoms with Crippen LogP contribution in [0.5, 0.6) is 0 Å². The molecule has 0 spiro atoms. The lowest BCUT2D eigenvalue weighted by Crippen LogP contribution is -2.44. The van der Waals surface area contributed by atoms with Gasteiger partial charge in [0.1, 0.15) is 6.67 Å². The Hall–Kier alpha value is -2.14. The molecule has 1 aliphatic heterocycles. The van der Waals surface area contributed by atoms with E-state index in [2.05, 4.69) is 12.2 Å². The highest BCUT2D eigenvalue weighted by atomic mass is 35.5. The van der Waals surface area contributed by atoms with Crippen LogP contribution in [0.25, 0.3) is 0 Å². The first-order chi connectivity index (χ1) is 12.5. The SMILES string of the molecule is CC(=O)N(CN1C(=O)[C@H]2[C@@H]3C=C[C@@H]([C@H]4C[C@H]34)[C@@H]2C1=O)c1ccc(Cl)cc1. The summed E-state index contributed by atoms with van der Waals surface area (Å²) in [6, 6.07) is 6.83. The predicted molar refractivity (Wildman–Crippen MR) is 96.0 cm³/mol. The van der Waals surface area contributed by atoms with Gasteiger partial charge in [-0.2, -0.15) is 0 Å². The maximum Gasteiger partial charge on any atom is 0.235 e. The van der Waals surface area contributed by atoms with Gasteiger partial charge in [-0.05, 0) is 54.4 Å². The van der Waals surface area contributed by atoms with Gasteiger partial charge in [-0.25, -0.2) is 0 Å². The number of benzene rings is 1. The first-order valence-electron chi connectivity index (χ1n) is 9.04. The Labute approximate surface area is 156 Å². The van der Waals surface area contributed by atoms with Crippen molar-refractivity contribution in [2.45, 2.75) is 13.3 Å². The van der Waals surface area contributed by atoms with Gasteiger partial charge < -0.3 is 0 Å². The van der Waals surface area contributed by atoms with Gasteiger partial charge in [-0.1, -0.05) is 23.8 Å². The molecule has 1 heterocycles. The number of carbonyl (C=O) groups excluding carboxylic acids is 3. The maximum atomic E-state index is 13.1. The lowest BCUT2D eigenvalue weighted by atomic mass is 9.63. The number of anilines is 1. The van der Waals surface area contributed by atoms with E-state index in [-0.39, 0.29) is 48.1 Å². The number of rotatable bonds is 3. The number of imide groups is 1. The Balaban J connectivity index is 1.44. The molecule has 2 bridgehead atoms. The Morgan fingerprint density at radius 1 is 1.08 bits per heavy atom. The third-order valence-corrected chi connectivity index (χ3v) is 6.81. The van der Waals surface area contributed by atoms with Crippen LogP contribution in [0.3, 0.4) is 0 Å². The average Bonchev–Trinajstić information content (AvgIpc) is 3.40. The lowest BCUT2D eigenvalue weighted by Gasteiger charge is -2.37. The van der Waals surface area contributed by atoms with E-state index in [1.54, 1.807) is 24.3 Å². The summed E-state index contributed by atoms with van der Waals surface area (Å²) >= 11 is 5.92. The summed E-state index contributed by atoms with van der Waals surface area (Å²) in [5.74, 6) is 0.601. The number of nitrogens with zero attached hydrogens (tertiary/aromatic N) is 2. The van der Waals surface area contributed by atoms with Crippen LogP contribution in [0.15, 0.2) is 36.4 Å². The second-order valence-corrected chi connectivity index (χ2v) is 8.26. The fourth-order valence-electron chi connectivity index (χ4n) is 5.28. The van der Waals surface area contributed by atoms with Crippen molar-refractivity contribution in [3.63, 3.8) is 0 Å². The van der Waals surface area contributed by atoms with E-state index in [0.29, 0.717) is 22.5 Å². The molecule has 0 N–H and O–H groups in total. The molecule has 6 heteroatoms. The second-order valence-electron chi connectivity index (χ2n) is 7.82. The molecule has 2 saturated carbocycles. The fraction of sp³-hybridized carbons (Fsp3) is 0.450. The standard InChI is InChI=1S/C20H19ClN2O3/c1-10(24)22(12-4-2-11(21)3-5-12)9-23-19(25)17-13-6-7-14(16-8-15(13)16)18(17)20(23)26/h2-7,13-18H,8-9H2,1H3/t13-,14+,15-,16-,17+,18+/m1/s1. The highest BCUT2D eigenvalue weighted by Crippen LogP contribution is 2.65. The van der Waals surface area contributed by atoms with Crippen molar-refractivity contribution in [2.24, 2.45) is 35.5 Å². The number of carbonyl (C=O) groups is 3. The molecule has 26 heavy (non-hydrogen) atoms. The zero-order valence-electron chi connectivity index (χ0n) is 14.3. The summed E-state index contributed by atoms with van der Waals surface area (Å²) in [6.45, 7) is 1.41. The summed E-state index contributed by atoms with van der Waals surface area (Å²) in [5, 5.41) is 0.568. The van der Waals surface area contributed by atoms with Crippen LogP contribution in [0.4, 0.5) is 5.69 Å². The number of likely N-dealkylation sites (tertiary alicyclic amines) is 1. The molecule has 1 saturated heterocycles. The van der Waals surface area contributed by atoms with Gasteiger partial charge in [-0.3, -0.25) is 24.2 Å². The molecule has 4 aliphatic carbocycles. The Kier molecular flexibility index (Phi) is 3.35. The number of hydrogen-bond donors (Lipinski definition) is 0. The zero-order valence-corrected chi connectivity index (χ0v) is 15.1. The first kappa shape index (κ1) is 16.1. The fourth-order valence-corrected chi connectivity index (χ4v) is 5.41. The van der Waals surface area contributed by atoms with E-state index in [1.807, 2.05) is 0 Å². The van der Waals surface area contributed by atoms with Crippen LogP contribution >= 0.6 is 11.6 Å². The normalized spacial score (nSPS) is 36.2. The van der Waals surface area contributed by atoms with E-state index in [0.717, 1.165) is 6.42 Å². The molecular formula is C20H19ClN2O3. The van der Waals surface area contributed by atoms with E-state index in [1.165, 1.54) is 16.7 Å². The summed E-state index contributed by atoms with van der Waals surface area (Å²) in [4.78, 5) is 41.0. The van der Waals surface area contributed by atoms with E-state index in [4.69, 9.17) is 11.6 Å². The number of allylic oxidation sites excluding steroid dienone is 2. The van der Waals surface area contributed by atoms with Crippen molar-refractivity contribution in [2.75, 3.05) is 11.6 Å². The van der Waals surface area contributed by atoms with E-state index >= 15 is 0 Å². The third kappa shape index (κ3) is 2.13. The largest absolute Gasteiger partial charge is 0.294 e. The van der Waals surface area contributed by atoms with Crippen molar-refractivity contribution >= 4 is 35.0 Å². The molecule has 3 amide bonds. The summed E-state index contributed by atoms with van der Waals surface area (Å²) in [7, 11) is 0. The topological polar surface area (TPSA) is 57.7 Å². The molecule has 6 atom stereocenters. The monoisotopic (exact) mass is 370 g/mol. The molecule has 6 rings (SSSR count). The third-order valence-electron chi connectivity index (χ3n) is 6.56. The van der Waals surface area contributed by atoms with Crippen LogP contribution in [0.1, 0.15) is 13.3 Å². The predicted octanol–water partition coefficient (Wildman–Crippen LogP) is 2.70. The van der Waals surface area contributed by atoms with Gasteiger partial charge >= 0.3 is 0 Å². The van der Waals surface area contributed by atoms with Crippen molar-refractivity contribution in [3.05, 3.63) is 41.4 Å². The molecule has 0 radical (unpaired) electrons. The van der Waals surface area contributed by atoms with Crippen LogP contribution in [0.2, 0.25) is 5.02 Å². The Morgan fingerprint density at radius 2 is 1.62 bits per heavy atom. The van der Waals surface area contributed by atoms with Crippen LogP contribution in [-0.4, -0.2) is 29.3 Å². The average molecular weight is 371 g/mol. The van der Waals surface area contributed by atoms with E-state index < -0.39 is 0 Å². The molecule has 1 aromatic carbocycles. The van der Waals surface area contributed by atoms with Gasteiger partial charge in [0.2, 0.25) is 17.7 Å². The number of hydrogen-bond acceptors (Lipinski definition) is 3. The molecule has 0 unspecified atom stereocenters. The van der Waals surface area contributed by atoms with Gasteiger partial charge in [-0.15, -0.1) is 0 Å². The van der Waals surface area contributed by atoms with Crippen molar-refractivity contribution < 1.29 is 14.4 Å². The smallest absolute Gasteiger partial charge is 0.235 e. The highest BCUT2D eigenvalue weighted by Gasteiger charge is 2.67. The summed E-state index contributed by atoms with van der Waals surface area (Å²) in [6.07, 6.45) is 5.44. The quantitative estimate of drug-likeness (QED) is 0.607. The van der Waals surface area contributed by atoms with Gasteiger partial charge in [0.25, 0.3) is 0 Å². The Bertz CT molecular complexity index is 813. The van der Waals surface area contributed by atoms with Crippen molar-refractivity contribution in [1.82, 2.24) is 4.90 Å². The van der Waals surface area contributed by atoms with Crippen LogP contribution < -0.4 is 4.90 Å². The van der Waals surface area contributed by atoms with Crippen LogP contribution in [-0.2, 0) is 14.4 Å². The summed E-state index contributed by atoms with van der Waals surface area (Å²) in [5.41, 5.74) is 0.626.